The van der Waals surface area contributed by atoms with Crippen LogP contribution >= 0.6 is 0 Å². The number of aromatic hydroxyl groups is 1. The molecule has 0 unspecified atom stereocenters. The number of hydrogen-bond acceptors (Lipinski definition) is 7. The molecule has 0 aliphatic carbocycles. The van der Waals surface area contributed by atoms with E-state index in [1.165, 1.54) is 17.1 Å². The summed E-state index contributed by atoms with van der Waals surface area (Å²) in [5, 5.41) is 25.8. The number of nitrogens with one attached hydrogen (secondary N) is 1. The van der Waals surface area contributed by atoms with Gasteiger partial charge in [-0.3, -0.25) is 4.79 Å². The molecule has 9 nitrogen and oxygen atoms in total. The summed E-state index contributed by atoms with van der Waals surface area (Å²) in [5.74, 6) is 0.604. The maximum absolute atomic E-state index is 12.0. The number of benzene rings is 2. The van der Waals surface area contributed by atoms with Crippen LogP contribution < -0.4 is 10.2 Å². The Kier molecular flexibility index (Phi) is 6.29. The van der Waals surface area contributed by atoms with E-state index in [1.807, 2.05) is 37.3 Å². The number of ether oxygens (including phenoxy) is 1. The zero-order chi connectivity index (χ0) is 19.8. The van der Waals surface area contributed by atoms with E-state index in [0.29, 0.717) is 23.7 Å². The van der Waals surface area contributed by atoms with Gasteiger partial charge in [-0.05, 0) is 23.8 Å². The predicted octanol–water partition coefficient (Wildman–Crippen LogP) is 1.98. The number of phenolic OH excluding ortho intramolecular Hbond substituents is 1. The van der Waals surface area contributed by atoms with E-state index in [2.05, 4.69) is 25.9 Å². The van der Waals surface area contributed by atoms with Crippen molar-refractivity contribution in [1.29, 1.82) is 0 Å². The molecule has 0 bridgehead atoms. The van der Waals surface area contributed by atoms with Crippen molar-refractivity contribution in [2.24, 2.45) is 5.10 Å². The molecule has 9 heteroatoms. The molecule has 0 aliphatic heterocycles. The third-order valence-electron chi connectivity index (χ3n) is 3.64. The Morgan fingerprint density at radius 2 is 2.11 bits per heavy atom. The highest BCUT2D eigenvalue weighted by Crippen LogP contribution is 2.22. The highest BCUT2D eigenvalue weighted by molar-refractivity contribution is 5.85. The number of carbonyl (C=O) groups is 1. The number of amides is 1. The molecule has 3 aromatic rings. The van der Waals surface area contributed by atoms with E-state index in [9.17, 15) is 9.90 Å². The molecule has 0 saturated carbocycles. The molecule has 2 N–H and O–H groups in total. The van der Waals surface area contributed by atoms with Gasteiger partial charge in [-0.25, -0.2) is 5.43 Å². The average Bonchev–Trinajstić information content (AvgIpc) is 3.17. The van der Waals surface area contributed by atoms with Gasteiger partial charge < -0.3 is 9.84 Å². The molecule has 3 rings (SSSR count). The molecule has 28 heavy (non-hydrogen) atoms. The van der Waals surface area contributed by atoms with Crippen molar-refractivity contribution < 1.29 is 14.6 Å². The second-order valence-electron chi connectivity index (χ2n) is 5.87. The molecule has 1 heterocycles. The highest BCUT2D eigenvalue weighted by Gasteiger charge is 2.08. The average molecular weight is 380 g/mol. The van der Waals surface area contributed by atoms with Crippen molar-refractivity contribution in [3.63, 3.8) is 0 Å². The Balaban J connectivity index is 1.54. The van der Waals surface area contributed by atoms with Crippen LogP contribution in [-0.4, -0.2) is 44.0 Å². The van der Waals surface area contributed by atoms with Crippen LogP contribution in [-0.2, 0) is 11.3 Å². The standard InChI is InChI=1S/C19H20N6O3/c1-2-10-28-16-9-8-15(17(26)11-16)12-20-21-18(27)13-25-23-19(22-24-25)14-6-4-3-5-7-14/h3-9,11-12,26H,2,10,13H2,1H3,(H,21,27)/b20-12+. The minimum absolute atomic E-state index is 0.0112. The van der Waals surface area contributed by atoms with Crippen LogP contribution in [0.1, 0.15) is 18.9 Å². The van der Waals surface area contributed by atoms with Crippen molar-refractivity contribution in [1.82, 2.24) is 25.6 Å². The fraction of sp³-hybridized carbons (Fsp3) is 0.211. The Morgan fingerprint density at radius 3 is 2.86 bits per heavy atom. The topological polar surface area (TPSA) is 115 Å². The Morgan fingerprint density at radius 1 is 1.29 bits per heavy atom. The molecule has 0 spiro atoms. The summed E-state index contributed by atoms with van der Waals surface area (Å²) in [6, 6.07) is 14.2. The molecule has 1 aromatic heterocycles. The van der Waals surface area contributed by atoms with Crippen LogP contribution in [0, 0.1) is 0 Å². The third kappa shape index (κ3) is 5.13. The lowest BCUT2D eigenvalue weighted by Gasteiger charge is -2.06. The summed E-state index contributed by atoms with van der Waals surface area (Å²) in [5.41, 5.74) is 3.63. The largest absolute Gasteiger partial charge is 0.507 e. The number of nitrogens with zero attached hydrogens (tertiary/aromatic N) is 5. The SMILES string of the molecule is CCCOc1ccc(/C=N/NC(=O)Cn2nnc(-c3ccccc3)n2)c(O)c1. The number of rotatable bonds is 8. The van der Waals surface area contributed by atoms with Crippen LogP contribution in [0.4, 0.5) is 0 Å². The van der Waals surface area contributed by atoms with E-state index in [0.717, 1.165) is 12.0 Å². The first-order valence-electron chi connectivity index (χ1n) is 8.76. The van der Waals surface area contributed by atoms with E-state index in [4.69, 9.17) is 4.74 Å². The van der Waals surface area contributed by atoms with Crippen LogP contribution in [0.2, 0.25) is 0 Å². The maximum atomic E-state index is 12.0. The predicted molar refractivity (Wildman–Crippen MR) is 103 cm³/mol. The number of hydrazone groups is 1. The number of hydrogen-bond donors (Lipinski definition) is 2. The first-order chi connectivity index (χ1) is 13.7. The van der Waals surface area contributed by atoms with Gasteiger partial charge in [0.2, 0.25) is 5.82 Å². The van der Waals surface area contributed by atoms with Gasteiger partial charge >= 0.3 is 0 Å². The fourth-order valence-electron chi connectivity index (χ4n) is 2.29. The second-order valence-corrected chi connectivity index (χ2v) is 5.87. The van der Waals surface area contributed by atoms with Gasteiger partial charge in [0.15, 0.2) is 0 Å². The fourth-order valence-corrected chi connectivity index (χ4v) is 2.29. The highest BCUT2D eigenvalue weighted by atomic mass is 16.5. The summed E-state index contributed by atoms with van der Waals surface area (Å²) in [4.78, 5) is 13.2. The van der Waals surface area contributed by atoms with Crippen molar-refractivity contribution in [3.8, 4) is 22.9 Å². The molecule has 2 aromatic carbocycles. The van der Waals surface area contributed by atoms with E-state index in [-0.39, 0.29) is 12.3 Å². The molecule has 0 atom stereocenters. The van der Waals surface area contributed by atoms with Crippen molar-refractivity contribution in [2.75, 3.05) is 6.61 Å². The summed E-state index contributed by atoms with van der Waals surface area (Å²) < 4.78 is 5.44. The molecule has 0 fully saturated rings. The van der Waals surface area contributed by atoms with Gasteiger partial charge in [0.05, 0.1) is 12.8 Å². The minimum atomic E-state index is -0.421. The Bertz CT molecular complexity index is 955. The lowest BCUT2D eigenvalue weighted by molar-refractivity contribution is -0.122. The van der Waals surface area contributed by atoms with E-state index in [1.54, 1.807) is 12.1 Å². The number of tetrazole rings is 1. The normalized spacial score (nSPS) is 10.9. The number of aromatic nitrogens is 4. The third-order valence-corrected chi connectivity index (χ3v) is 3.64. The van der Waals surface area contributed by atoms with Gasteiger partial charge in [-0.1, -0.05) is 37.3 Å². The van der Waals surface area contributed by atoms with Crippen molar-refractivity contribution >= 4 is 12.1 Å². The molecule has 0 saturated heterocycles. The zero-order valence-electron chi connectivity index (χ0n) is 15.3. The summed E-state index contributed by atoms with van der Waals surface area (Å²) in [6.45, 7) is 2.44. The van der Waals surface area contributed by atoms with Crippen LogP contribution in [0.25, 0.3) is 11.4 Å². The summed E-state index contributed by atoms with van der Waals surface area (Å²) in [7, 11) is 0. The van der Waals surface area contributed by atoms with Gasteiger partial charge in [-0.2, -0.15) is 9.90 Å². The van der Waals surface area contributed by atoms with Crippen LogP contribution in [0.15, 0.2) is 53.6 Å². The van der Waals surface area contributed by atoms with Crippen molar-refractivity contribution in [3.05, 3.63) is 54.1 Å². The van der Waals surface area contributed by atoms with E-state index < -0.39 is 5.91 Å². The molecule has 144 valence electrons. The maximum Gasteiger partial charge on any atom is 0.263 e. The second kappa shape index (κ2) is 9.26. The quantitative estimate of drug-likeness (QED) is 0.456. The van der Waals surface area contributed by atoms with Gasteiger partial charge in [0.25, 0.3) is 5.91 Å². The molecular weight excluding hydrogens is 360 g/mol. The molecule has 0 aliphatic rings. The number of carbonyl (C=O) groups excluding carboxylic acids is 1. The minimum Gasteiger partial charge on any atom is -0.507 e. The van der Waals surface area contributed by atoms with Crippen molar-refractivity contribution in [2.45, 2.75) is 19.9 Å². The lowest BCUT2D eigenvalue weighted by atomic mass is 10.2. The first-order valence-corrected chi connectivity index (χ1v) is 8.76. The van der Waals surface area contributed by atoms with Crippen LogP contribution in [0.5, 0.6) is 11.5 Å². The van der Waals surface area contributed by atoms with Gasteiger partial charge in [-0.15, -0.1) is 10.2 Å². The van der Waals surface area contributed by atoms with Gasteiger partial charge in [0.1, 0.15) is 18.0 Å². The lowest BCUT2D eigenvalue weighted by Crippen LogP contribution is -2.24. The van der Waals surface area contributed by atoms with E-state index >= 15 is 0 Å². The summed E-state index contributed by atoms with van der Waals surface area (Å²) >= 11 is 0. The number of phenols is 1. The Labute approximate surface area is 161 Å². The molecule has 1 amide bonds. The van der Waals surface area contributed by atoms with Crippen LogP contribution in [0.3, 0.4) is 0 Å². The molecular formula is C19H20N6O3. The zero-order valence-corrected chi connectivity index (χ0v) is 15.3. The monoisotopic (exact) mass is 380 g/mol. The smallest absolute Gasteiger partial charge is 0.263 e. The first kappa shape index (κ1) is 19.0. The van der Waals surface area contributed by atoms with Gasteiger partial charge in [0, 0.05) is 17.2 Å². The Hall–Kier alpha value is -3.75. The molecule has 0 radical (unpaired) electrons. The summed E-state index contributed by atoms with van der Waals surface area (Å²) in [6.07, 6.45) is 2.23.